The van der Waals surface area contributed by atoms with Gasteiger partial charge in [-0.05, 0) is 47.9 Å². The predicted molar refractivity (Wildman–Crippen MR) is 132 cm³/mol. The van der Waals surface area contributed by atoms with Crippen molar-refractivity contribution in [2.24, 2.45) is 11.8 Å². The lowest BCUT2D eigenvalue weighted by atomic mass is 9.73. The van der Waals surface area contributed by atoms with Gasteiger partial charge in [0.2, 0.25) is 12.5 Å². The van der Waals surface area contributed by atoms with Crippen LogP contribution in [0.1, 0.15) is 27.7 Å². The zero-order valence-corrected chi connectivity index (χ0v) is 21.0. The molecule has 0 bridgehead atoms. The molecular formula is C28H25NO9. The van der Waals surface area contributed by atoms with E-state index in [1.54, 1.807) is 18.2 Å². The van der Waals surface area contributed by atoms with Crippen LogP contribution in [0.25, 0.3) is 11.1 Å². The van der Waals surface area contributed by atoms with Gasteiger partial charge in [-0.1, -0.05) is 6.07 Å². The Hall–Kier alpha value is -4.47. The van der Waals surface area contributed by atoms with Gasteiger partial charge in [-0.3, -0.25) is 4.79 Å². The molecule has 0 amide bonds. The number of cyclic esters (lactones) is 1. The number of carbonyl (C=O) groups excluding carboxylic acids is 2. The van der Waals surface area contributed by atoms with E-state index < -0.39 is 18.0 Å². The molecule has 3 aromatic rings. The summed E-state index contributed by atoms with van der Waals surface area (Å²) in [6, 6.07) is 10.5. The number of methoxy groups -OCH3 is 3. The fourth-order valence-electron chi connectivity index (χ4n) is 5.48. The van der Waals surface area contributed by atoms with E-state index in [1.165, 1.54) is 27.5 Å². The second-order valence-corrected chi connectivity index (χ2v) is 9.11. The van der Waals surface area contributed by atoms with E-state index in [0.717, 1.165) is 11.1 Å². The van der Waals surface area contributed by atoms with Gasteiger partial charge in [-0.15, -0.1) is 0 Å². The van der Waals surface area contributed by atoms with Crippen LogP contribution < -0.4 is 23.7 Å². The SMILES string of the molecule is COc1cc(-c2c3c(cc4c2OCO4)[C@H](OC(=O)c2ccccn2)[C@H]2COC(=O)[C@@H]2C3)cc(OC)c1OC. The summed E-state index contributed by atoms with van der Waals surface area (Å²) in [6.07, 6.45) is 1.14. The van der Waals surface area contributed by atoms with Crippen LogP contribution >= 0.6 is 0 Å². The van der Waals surface area contributed by atoms with E-state index >= 15 is 0 Å². The first-order chi connectivity index (χ1) is 18.5. The van der Waals surface area contributed by atoms with E-state index in [4.69, 9.17) is 33.2 Å². The maximum absolute atomic E-state index is 13.1. The van der Waals surface area contributed by atoms with Crippen LogP contribution in [-0.4, -0.2) is 51.7 Å². The zero-order chi connectivity index (χ0) is 26.4. The molecule has 3 atom stereocenters. The Balaban J connectivity index is 1.54. The molecule has 6 rings (SSSR count). The number of benzene rings is 2. The van der Waals surface area contributed by atoms with Crippen molar-refractivity contribution >= 4 is 11.9 Å². The number of hydrogen-bond donors (Lipinski definition) is 0. The lowest BCUT2D eigenvalue weighted by molar-refractivity contribution is -0.141. The van der Waals surface area contributed by atoms with Crippen LogP contribution in [0.15, 0.2) is 42.6 Å². The molecule has 1 aliphatic carbocycles. The van der Waals surface area contributed by atoms with Crippen molar-refractivity contribution < 1.29 is 42.7 Å². The van der Waals surface area contributed by atoms with Crippen LogP contribution in [-0.2, 0) is 20.7 Å². The van der Waals surface area contributed by atoms with Crippen molar-refractivity contribution in [2.45, 2.75) is 12.5 Å². The number of rotatable bonds is 6. The monoisotopic (exact) mass is 519 g/mol. The lowest BCUT2D eigenvalue weighted by Gasteiger charge is -2.34. The van der Waals surface area contributed by atoms with Crippen molar-refractivity contribution in [3.8, 4) is 39.9 Å². The van der Waals surface area contributed by atoms with Crippen molar-refractivity contribution in [2.75, 3.05) is 34.7 Å². The van der Waals surface area contributed by atoms with Crippen LogP contribution in [0.2, 0.25) is 0 Å². The number of pyridine rings is 1. The Kier molecular flexibility index (Phi) is 5.94. The number of aromatic nitrogens is 1. The number of fused-ring (bicyclic) bond motifs is 3. The highest BCUT2D eigenvalue weighted by molar-refractivity contribution is 5.88. The highest BCUT2D eigenvalue weighted by Gasteiger charge is 2.50. The van der Waals surface area contributed by atoms with Crippen molar-refractivity contribution in [1.82, 2.24) is 4.98 Å². The second-order valence-electron chi connectivity index (χ2n) is 9.11. The third-order valence-corrected chi connectivity index (χ3v) is 7.22. The molecule has 1 saturated heterocycles. The first-order valence-corrected chi connectivity index (χ1v) is 12.1. The van der Waals surface area contributed by atoms with Crippen molar-refractivity contribution in [3.63, 3.8) is 0 Å². The summed E-state index contributed by atoms with van der Waals surface area (Å²) in [4.78, 5) is 30.0. The number of carbonyl (C=O) groups is 2. The largest absolute Gasteiger partial charge is 0.493 e. The van der Waals surface area contributed by atoms with Gasteiger partial charge in [0.15, 0.2) is 23.0 Å². The Bertz CT molecular complexity index is 1400. The molecule has 2 aromatic carbocycles. The molecule has 38 heavy (non-hydrogen) atoms. The Labute approximate surface area is 218 Å². The van der Waals surface area contributed by atoms with Crippen molar-refractivity contribution in [3.05, 3.63) is 59.4 Å². The summed E-state index contributed by atoms with van der Waals surface area (Å²) in [5.74, 6) is 0.632. The minimum atomic E-state index is -0.764. The summed E-state index contributed by atoms with van der Waals surface area (Å²) in [5.41, 5.74) is 3.10. The summed E-state index contributed by atoms with van der Waals surface area (Å²) < 4.78 is 39.8. The van der Waals surface area contributed by atoms with Crippen LogP contribution in [0.5, 0.6) is 28.7 Å². The quantitative estimate of drug-likeness (QED) is 0.447. The minimum absolute atomic E-state index is 0.0307. The number of nitrogens with zero attached hydrogens (tertiary/aromatic N) is 1. The molecular weight excluding hydrogens is 494 g/mol. The highest BCUT2D eigenvalue weighted by atomic mass is 16.7. The molecule has 1 aromatic heterocycles. The van der Waals surface area contributed by atoms with E-state index in [9.17, 15) is 9.59 Å². The van der Waals surface area contributed by atoms with E-state index in [1.807, 2.05) is 18.2 Å². The molecule has 3 heterocycles. The topological polar surface area (TPSA) is 112 Å². The Morgan fingerprint density at radius 2 is 1.79 bits per heavy atom. The summed E-state index contributed by atoms with van der Waals surface area (Å²) >= 11 is 0. The number of ether oxygens (including phenoxy) is 7. The third-order valence-electron chi connectivity index (χ3n) is 7.22. The Morgan fingerprint density at radius 3 is 2.47 bits per heavy atom. The maximum Gasteiger partial charge on any atom is 0.357 e. The normalized spacial score (nSPS) is 20.7. The summed E-state index contributed by atoms with van der Waals surface area (Å²) in [6.45, 7) is 0.181. The fourth-order valence-corrected chi connectivity index (χ4v) is 5.48. The number of hydrogen-bond acceptors (Lipinski definition) is 10. The molecule has 0 spiro atoms. The summed E-state index contributed by atoms with van der Waals surface area (Å²) in [7, 11) is 4.61. The molecule has 0 N–H and O–H groups in total. The molecule has 3 aliphatic rings. The molecule has 0 saturated carbocycles. The van der Waals surface area contributed by atoms with E-state index in [2.05, 4.69) is 4.98 Å². The van der Waals surface area contributed by atoms with Crippen LogP contribution in [0.4, 0.5) is 0 Å². The molecule has 0 unspecified atom stereocenters. The minimum Gasteiger partial charge on any atom is -0.493 e. The predicted octanol–water partition coefficient (Wildman–Crippen LogP) is 3.75. The molecule has 10 nitrogen and oxygen atoms in total. The van der Waals surface area contributed by atoms with Gasteiger partial charge >= 0.3 is 11.9 Å². The van der Waals surface area contributed by atoms with E-state index in [0.29, 0.717) is 46.3 Å². The second kappa shape index (κ2) is 9.44. The first-order valence-electron chi connectivity index (χ1n) is 12.1. The van der Waals surface area contributed by atoms with E-state index in [-0.39, 0.29) is 31.0 Å². The Morgan fingerprint density at radius 1 is 1.00 bits per heavy atom. The van der Waals surface area contributed by atoms with Gasteiger partial charge in [0.25, 0.3) is 0 Å². The van der Waals surface area contributed by atoms with Gasteiger partial charge in [0.05, 0.1) is 33.9 Å². The fraction of sp³-hybridized carbons (Fsp3) is 0.321. The molecule has 2 aliphatic heterocycles. The van der Waals surface area contributed by atoms with Crippen LogP contribution in [0.3, 0.4) is 0 Å². The van der Waals surface area contributed by atoms with Gasteiger partial charge in [0, 0.05) is 23.2 Å². The highest BCUT2D eigenvalue weighted by Crippen LogP contribution is 2.55. The lowest BCUT2D eigenvalue weighted by Crippen LogP contribution is -2.33. The zero-order valence-electron chi connectivity index (χ0n) is 21.0. The van der Waals surface area contributed by atoms with Gasteiger partial charge in [0.1, 0.15) is 11.8 Å². The molecule has 0 radical (unpaired) electrons. The first kappa shape index (κ1) is 23.9. The van der Waals surface area contributed by atoms with Gasteiger partial charge < -0.3 is 33.2 Å². The average molecular weight is 520 g/mol. The standard InChI is InChI=1S/C28H25NO9/c1-32-20-8-14(9-21(33-2)25(20)34-3)23-15-10-17-18(12-35-27(17)30)24(16(15)11-22-26(23)37-13-36-22)38-28(31)19-6-4-5-7-29-19/h4-9,11,17-18,24H,10,12-13H2,1-3H3/t17-,18+,24+/m1/s1. The molecule has 10 heteroatoms. The maximum atomic E-state index is 13.1. The average Bonchev–Trinajstić information content (AvgIpc) is 3.57. The van der Waals surface area contributed by atoms with Crippen LogP contribution in [0, 0.1) is 11.8 Å². The summed E-state index contributed by atoms with van der Waals surface area (Å²) in [5, 5.41) is 0. The molecule has 196 valence electrons. The van der Waals surface area contributed by atoms with Crippen molar-refractivity contribution in [1.29, 1.82) is 0 Å². The van der Waals surface area contributed by atoms with Gasteiger partial charge in [-0.2, -0.15) is 0 Å². The van der Waals surface area contributed by atoms with Gasteiger partial charge in [-0.25, -0.2) is 9.78 Å². The molecule has 1 fully saturated rings. The smallest absolute Gasteiger partial charge is 0.357 e. The third kappa shape index (κ3) is 3.75. The number of esters is 2.